The van der Waals surface area contributed by atoms with E-state index in [1.54, 1.807) is 41.7 Å². The molecule has 1 amide bonds. The summed E-state index contributed by atoms with van der Waals surface area (Å²) in [4.78, 5) is 24.8. The molecule has 0 aliphatic carbocycles. The van der Waals surface area contributed by atoms with Gasteiger partial charge in [0.25, 0.3) is 5.91 Å². The lowest BCUT2D eigenvalue weighted by Gasteiger charge is -2.04. The summed E-state index contributed by atoms with van der Waals surface area (Å²) in [6.45, 7) is 0.614. The Labute approximate surface area is 138 Å². The zero-order valence-corrected chi connectivity index (χ0v) is 13.6. The van der Waals surface area contributed by atoms with Gasteiger partial charge < -0.3 is 9.88 Å². The van der Waals surface area contributed by atoms with E-state index < -0.39 is 0 Å². The third-order valence-electron chi connectivity index (χ3n) is 3.38. The normalized spacial score (nSPS) is 10.7. The molecule has 0 aliphatic heterocycles. The molecule has 6 nitrogen and oxygen atoms in total. The van der Waals surface area contributed by atoms with Gasteiger partial charge in [0.15, 0.2) is 0 Å². The number of imidazole rings is 1. The fourth-order valence-corrected chi connectivity index (χ4v) is 3.00. The van der Waals surface area contributed by atoms with Crippen molar-refractivity contribution in [2.75, 3.05) is 6.54 Å². The molecule has 0 radical (unpaired) electrons. The van der Waals surface area contributed by atoms with Gasteiger partial charge in [0, 0.05) is 31.6 Å². The Morgan fingerprint density at radius 2 is 2.26 bits per heavy atom. The number of aryl methyl sites for hydroxylation is 2. The lowest BCUT2D eigenvalue weighted by Crippen LogP contribution is -2.26. The quantitative estimate of drug-likeness (QED) is 0.705. The van der Waals surface area contributed by atoms with Crippen LogP contribution in [0.2, 0.25) is 0 Å². The van der Waals surface area contributed by atoms with Crippen LogP contribution in [0.3, 0.4) is 0 Å². The van der Waals surface area contributed by atoms with Gasteiger partial charge in [-0.3, -0.25) is 9.78 Å². The van der Waals surface area contributed by atoms with Crippen molar-refractivity contribution in [2.45, 2.75) is 12.8 Å². The van der Waals surface area contributed by atoms with Crippen LogP contribution in [0.1, 0.15) is 21.9 Å². The molecule has 3 heterocycles. The van der Waals surface area contributed by atoms with E-state index in [9.17, 15) is 4.79 Å². The second kappa shape index (κ2) is 7.15. The molecule has 0 saturated carbocycles. The Bertz CT molecular complexity index is 781. The Morgan fingerprint density at radius 3 is 3.00 bits per heavy atom. The van der Waals surface area contributed by atoms with Crippen LogP contribution in [0.25, 0.3) is 11.4 Å². The third-order valence-corrected chi connectivity index (χ3v) is 4.29. The van der Waals surface area contributed by atoms with E-state index in [2.05, 4.69) is 20.3 Å². The molecule has 23 heavy (non-hydrogen) atoms. The maximum atomic E-state index is 11.9. The molecular formula is C16H17N5OS. The van der Waals surface area contributed by atoms with Gasteiger partial charge in [0.05, 0.1) is 28.9 Å². The van der Waals surface area contributed by atoms with Crippen molar-refractivity contribution >= 4 is 17.2 Å². The van der Waals surface area contributed by atoms with E-state index in [1.165, 1.54) is 0 Å². The minimum atomic E-state index is -0.0988. The van der Waals surface area contributed by atoms with Crippen molar-refractivity contribution in [1.82, 2.24) is 24.8 Å². The van der Waals surface area contributed by atoms with E-state index >= 15 is 0 Å². The molecule has 0 bridgehead atoms. The van der Waals surface area contributed by atoms with Crippen molar-refractivity contribution in [3.63, 3.8) is 0 Å². The SMILES string of the molecule is Cn1cncc1C(=O)NCCCc1nc(-c2ccccn2)cs1. The molecule has 3 rings (SSSR count). The Kier molecular flexibility index (Phi) is 4.77. The highest BCUT2D eigenvalue weighted by atomic mass is 32.1. The van der Waals surface area contributed by atoms with Crippen LogP contribution in [0, 0.1) is 0 Å². The van der Waals surface area contributed by atoms with Gasteiger partial charge >= 0.3 is 0 Å². The highest BCUT2D eigenvalue weighted by molar-refractivity contribution is 7.09. The zero-order valence-electron chi connectivity index (χ0n) is 12.8. The van der Waals surface area contributed by atoms with Gasteiger partial charge in [-0.2, -0.15) is 0 Å². The molecule has 0 aliphatic rings. The first-order valence-corrected chi connectivity index (χ1v) is 8.22. The molecule has 0 atom stereocenters. The van der Waals surface area contributed by atoms with E-state index in [4.69, 9.17) is 0 Å². The summed E-state index contributed by atoms with van der Waals surface area (Å²) in [6, 6.07) is 5.80. The lowest BCUT2D eigenvalue weighted by atomic mass is 10.3. The van der Waals surface area contributed by atoms with Gasteiger partial charge in [0.2, 0.25) is 0 Å². The number of nitrogens with zero attached hydrogens (tertiary/aromatic N) is 4. The van der Waals surface area contributed by atoms with Crippen LogP contribution < -0.4 is 5.32 Å². The molecule has 3 aromatic heterocycles. The summed E-state index contributed by atoms with van der Waals surface area (Å²) in [5, 5.41) is 5.98. The highest BCUT2D eigenvalue weighted by Gasteiger charge is 2.09. The summed E-state index contributed by atoms with van der Waals surface area (Å²) in [6.07, 6.45) is 6.63. The maximum absolute atomic E-state index is 11.9. The van der Waals surface area contributed by atoms with Crippen molar-refractivity contribution in [3.05, 3.63) is 53.0 Å². The van der Waals surface area contributed by atoms with Gasteiger partial charge in [0.1, 0.15) is 5.69 Å². The topological polar surface area (TPSA) is 72.7 Å². The number of amides is 1. The zero-order chi connectivity index (χ0) is 16.1. The number of nitrogens with one attached hydrogen (secondary N) is 1. The molecule has 0 spiro atoms. The molecule has 7 heteroatoms. The first-order chi connectivity index (χ1) is 11.2. The smallest absolute Gasteiger partial charge is 0.269 e. The van der Waals surface area contributed by atoms with Crippen molar-refractivity contribution in [2.24, 2.45) is 7.05 Å². The predicted octanol–water partition coefficient (Wildman–Crippen LogP) is 2.30. The summed E-state index contributed by atoms with van der Waals surface area (Å²) in [5.41, 5.74) is 2.36. The number of pyridine rings is 1. The number of carbonyl (C=O) groups is 1. The third kappa shape index (κ3) is 3.81. The summed E-state index contributed by atoms with van der Waals surface area (Å²) in [7, 11) is 1.80. The highest BCUT2D eigenvalue weighted by Crippen LogP contribution is 2.20. The van der Waals surface area contributed by atoms with E-state index in [0.717, 1.165) is 29.2 Å². The fraction of sp³-hybridized carbons (Fsp3) is 0.250. The number of carbonyl (C=O) groups excluding carboxylic acids is 1. The standard InChI is InChI=1S/C16H17N5OS/c1-21-11-17-9-14(21)16(22)19-8-4-6-15-20-13(10-23-15)12-5-2-3-7-18-12/h2-3,5,7,9-11H,4,6,8H2,1H3,(H,19,22). The van der Waals surface area contributed by atoms with Gasteiger partial charge in [-0.1, -0.05) is 6.07 Å². The van der Waals surface area contributed by atoms with E-state index in [1.807, 2.05) is 23.6 Å². The Balaban J connectivity index is 1.47. The molecule has 1 N–H and O–H groups in total. The Hall–Kier alpha value is -2.54. The van der Waals surface area contributed by atoms with E-state index in [-0.39, 0.29) is 5.91 Å². The first-order valence-electron chi connectivity index (χ1n) is 7.34. The first kappa shape index (κ1) is 15.4. The molecular weight excluding hydrogens is 310 g/mol. The van der Waals surface area contributed by atoms with Crippen molar-refractivity contribution in [1.29, 1.82) is 0 Å². The monoisotopic (exact) mass is 327 g/mol. The fourth-order valence-electron chi connectivity index (χ4n) is 2.17. The number of aromatic nitrogens is 4. The predicted molar refractivity (Wildman–Crippen MR) is 89.2 cm³/mol. The molecule has 0 unspecified atom stereocenters. The summed E-state index contributed by atoms with van der Waals surface area (Å²) in [5.74, 6) is -0.0988. The molecule has 0 aromatic carbocycles. The second-order valence-corrected chi connectivity index (χ2v) is 6.03. The average molecular weight is 327 g/mol. The number of thiazole rings is 1. The molecule has 118 valence electrons. The van der Waals surface area contributed by atoms with Crippen LogP contribution in [-0.2, 0) is 13.5 Å². The minimum Gasteiger partial charge on any atom is -0.351 e. The van der Waals surface area contributed by atoms with Crippen molar-refractivity contribution in [3.8, 4) is 11.4 Å². The summed E-state index contributed by atoms with van der Waals surface area (Å²) >= 11 is 1.63. The lowest BCUT2D eigenvalue weighted by molar-refractivity contribution is 0.0945. The van der Waals surface area contributed by atoms with Gasteiger partial charge in [-0.25, -0.2) is 9.97 Å². The molecule has 0 saturated heterocycles. The van der Waals surface area contributed by atoms with Crippen LogP contribution in [0.4, 0.5) is 0 Å². The van der Waals surface area contributed by atoms with Crippen LogP contribution in [0.5, 0.6) is 0 Å². The maximum Gasteiger partial charge on any atom is 0.269 e. The van der Waals surface area contributed by atoms with Gasteiger partial charge in [-0.05, 0) is 18.6 Å². The van der Waals surface area contributed by atoms with Crippen LogP contribution in [0.15, 0.2) is 42.3 Å². The van der Waals surface area contributed by atoms with E-state index in [0.29, 0.717) is 12.2 Å². The van der Waals surface area contributed by atoms with Crippen molar-refractivity contribution < 1.29 is 4.79 Å². The van der Waals surface area contributed by atoms with Crippen LogP contribution >= 0.6 is 11.3 Å². The molecule has 0 fully saturated rings. The Morgan fingerprint density at radius 1 is 1.35 bits per heavy atom. The number of hydrogen-bond acceptors (Lipinski definition) is 5. The number of hydrogen-bond donors (Lipinski definition) is 1. The largest absolute Gasteiger partial charge is 0.351 e. The van der Waals surface area contributed by atoms with Crippen LogP contribution in [-0.4, -0.2) is 32.0 Å². The minimum absolute atomic E-state index is 0.0988. The summed E-state index contributed by atoms with van der Waals surface area (Å²) < 4.78 is 1.70. The number of rotatable bonds is 6. The average Bonchev–Trinajstić information content (AvgIpc) is 3.21. The van der Waals surface area contributed by atoms with Gasteiger partial charge in [-0.15, -0.1) is 11.3 Å². The second-order valence-electron chi connectivity index (χ2n) is 5.09. The molecule has 3 aromatic rings.